The first kappa shape index (κ1) is 16.0. The third kappa shape index (κ3) is 10.5. The summed E-state index contributed by atoms with van der Waals surface area (Å²) in [5, 5.41) is 3.47. The van der Waals surface area contributed by atoms with Crippen molar-refractivity contribution in [2.75, 3.05) is 6.54 Å². The van der Waals surface area contributed by atoms with Crippen molar-refractivity contribution in [3.63, 3.8) is 0 Å². The lowest BCUT2D eigenvalue weighted by Gasteiger charge is -2.15. The Kier molecular flexibility index (Phi) is 10.1. The monoisotopic (exact) mass is 227 g/mol. The zero-order valence-electron chi connectivity index (χ0n) is 12.2. The van der Waals surface area contributed by atoms with Crippen LogP contribution < -0.4 is 5.32 Å². The van der Waals surface area contributed by atoms with Gasteiger partial charge in [0, 0.05) is 6.04 Å². The van der Waals surface area contributed by atoms with Crippen LogP contribution in [0.3, 0.4) is 0 Å². The molecule has 0 saturated carbocycles. The summed E-state index contributed by atoms with van der Waals surface area (Å²) in [5.74, 6) is 1.84. The Balaban J connectivity index is 3.24. The minimum Gasteiger partial charge on any atom is -0.315 e. The van der Waals surface area contributed by atoms with Gasteiger partial charge in [-0.1, -0.05) is 60.3 Å². The first-order valence-corrected chi connectivity index (χ1v) is 7.29. The average molecular weight is 227 g/mol. The van der Waals surface area contributed by atoms with Crippen molar-refractivity contribution in [3.05, 3.63) is 0 Å². The van der Waals surface area contributed by atoms with Gasteiger partial charge >= 0.3 is 0 Å². The van der Waals surface area contributed by atoms with Gasteiger partial charge in [0.25, 0.3) is 0 Å². The van der Waals surface area contributed by atoms with E-state index >= 15 is 0 Å². The van der Waals surface area contributed by atoms with Crippen molar-refractivity contribution in [1.29, 1.82) is 0 Å². The number of nitrogens with one attached hydrogen (secondary N) is 1. The third-order valence-electron chi connectivity index (χ3n) is 3.43. The fourth-order valence-electron chi connectivity index (χ4n) is 2.16. The van der Waals surface area contributed by atoms with E-state index in [0.29, 0.717) is 6.04 Å². The molecule has 0 fully saturated rings. The molecule has 0 aliphatic rings. The van der Waals surface area contributed by atoms with Gasteiger partial charge in [0.05, 0.1) is 0 Å². The maximum atomic E-state index is 3.47. The molecule has 0 aromatic rings. The van der Waals surface area contributed by atoms with Gasteiger partial charge < -0.3 is 5.32 Å². The van der Waals surface area contributed by atoms with Crippen LogP contribution in [0.2, 0.25) is 0 Å². The lowest BCUT2D eigenvalue weighted by molar-refractivity contribution is 0.374. The molecule has 0 aromatic heterocycles. The lowest BCUT2D eigenvalue weighted by atomic mass is 9.91. The van der Waals surface area contributed by atoms with Gasteiger partial charge in [-0.05, 0) is 31.2 Å². The molecular formula is C15H33N. The summed E-state index contributed by atoms with van der Waals surface area (Å²) in [7, 11) is 0. The molecule has 0 saturated heterocycles. The van der Waals surface area contributed by atoms with Gasteiger partial charge in [-0.15, -0.1) is 0 Å². The number of rotatable bonds is 10. The molecule has 0 bridgehead atoms. The second-order valence-corrected chi connectivity index (χ2v) is 5.81. The maximum Gasteiger partial charge on any atom is 0.00103 e. The van der Waals surface area contributed by atoms with Crippen LogP contribution in [0, 0.1) is 11.8 Å². The Hall–Kier alpha value is -0.0400. The summed E-state index contributed by atoms with van der Waals surface area (Å²) < 4.78 is 0. The first-order chi connectivity index (χ1) is 7.56. The Morgan fingerprint density at radius 2 is 1.56 bits per heavy atom. The highest BCUT2D eigenvalue weighted by atomic mass is 14.9. The van der Waals surface area contributed by atoms with E-state index in [9.17, 15) is 0 Å². The fraction of sp³-hybridized carbons (Fsp3) is 1.00. The lowest BCUT2D eigenvalue weighted by Crippen LogP contribution is -2.23. The van der Waals surface area contributed by atoms with Gasteiger partial charge in [-0.3, -0.25) is 0 Å². The summed E-state index contributed by atoms with van der Waals surface area (Å²) in [4.78, 5) is 0. The van der Waals surface area contributed by atoms with E-state index in [1.165, 1.54) is 45.1 Å². The Labute approximate surface area is 103 Å². The summed E-state index contributed by atoms with van der Waals surface area (Å²) in [6.07, 6.45) is 8.32. The molecule has 0 rings (SSSR count). The summed E-state index contributed by atoms with van der Waals surface area (Å²) >= 11 is 0. The zero-order valence-corrected chi connectivity index (χ0v) is 12.2. The molecule has 0 aliphatic heterocycles. The number of hydrogen-bond donors (Lipinski definition) is 1. The first-order valence-electron chi connectivity index (χ1n) is 7.29. The average Bonchev–Trinajstić information content (AvgIpc) is 2.22. The van der Waals surface area contributed by atoms with Crippen molar-refractivity contribution >= 4 is 0 Å². The maximum absolute atomic E-state index is 3.47. The second kappa shape index (κ2) is 10.1. The molecule has 1 N–H and O–H groups in total. The van der Waals surface area contributed by atoms with E-state index in [4.69, 9.17) is 0 Å². The van der Waals surface area contributed by atoms with Crippen LogP contribution in [0.1, 0.15) is 73.1 Å². The third-order valence-corrected chi connectivity index (χ3v) is 3.43. The molecule has 1 heteroatoms. The summed E-state index contributed by atoms with van der Waals surface area (Å²) in [5.41, 5.74) is 0. The molecule has 0 spiro atoms. The fourth-order valence-corrected chi connectivity index (χ4v) is 2.16. The predicted molar refractivity (Wildman–Crippen MR) is 74.8 cm³/mol. The quantitative estimate of drug-likeness (QED) is 0.537. The molecule has 1 nitrogen and oxygen atoms in total. The molecular weight excluding hydrogens is 194 g/mol. The number of unbranched alkanes of at least 4 members (excludes halogenated alkanes) is 2. The highest BCUT2D eigenvalue weighted by Crippen LogP contribution is 2.19. The van der Waals surface area contributed by atoms with Crippen molar-refractivity contribution in [2.45, 2.75) is 79.2 Å². The van der Waals surface area contributed by atoms with Crippen LogP contribution in [-0.2, 0) is 0 Å². The van der Waals surface area contributed by atoms with E-state index in [1.54, 1.807) is 0 Å². The Morgan fingerprint density at radius 3 is 2.12 bits per heavy atom. The Bertz CT molecular complexity index is 142. The minimum atomic E-state index is 0.643. The standard InChI is InChI=1S/C15H33N/c1-6-14(4)12-15(5)10-8-7-9-11-16-13(2)3/h13-16H,6-12H2,1-5H3. The van der Waals surface area contributed by atoms with Crippen LogP contribution in [0.5, 0.6) is 0 Å². The van der Waals surface area contributed by atoms with E-state index < -0.39 is 0 Å². The van der Waals surface area contributed by atoms with Crippen molar-refractivity contribution < 1.29 is 0 Å². The number of hydrogen-bond acceptors (Lipinski definition) is 1. The molecule has 0 aromatic carbocycles. The highest BCUT2D eigenvalue weighted by Gasteiger charge is 2.06. The summed E-state index contributed by atoms with van der Waals surface area (Å²) in [6, 6.07) is 0.643. The van der Waals surface area contributed by atoms with Gasteiger partial charge in [0.2, 0.25) is 0 Å². The molecule has 16 heavy (non-hydrogen) atoms. The van der Waals surface area contributed by atoms with E-state index in [2.05, 4.69) is 39.9 Å². The van der Waals surface area contributed by atoms with E-state index in [-0.39, 0.29) is 0 Å². The van der Waals surface area contributed by atoms with Crippen molar-refractivity contribution in [2.24, 2.45) is 11.8 Å². The molecule has 0 heterocycles. The molecule has 0 radical (unpaired) electrons. The van der Waals surface area contributed by atoms with Crippen LogP contribution >= 0.6 is 0 Å². The Morgan fingerprint density at radius 1 is 0.875 bits per heavy atom. The van der Waals surface area contributed by atoms with Crippen LogP contribution in [-0.4, -0.2) is 12.6 Å². The van der Waals surface area contributed by atoms with Gasteiger partial charge in [0.15, 0.2) is 0 Å². The highest BCUT2D eigenvalue weighted by molar-refractivity contribution is 4.59. The normalized spacial score (nSPS) is 15.4. The zero-order chi connectivity index (χ0) is 12.4. The van der Waals surface area contributed by atoms with Gasteiger partial charge in [-0.25, -0.2) is 0 Å². The molecule has 0 amide bonds. The summed E-state index contributed by atoms with van der Waals surface area (Å²) in [6.45, 7) is 12.7. The molecule has 98 valence electrons. The van der Waals surface area contributed by atoms with E-state index in [1.807, 2.05) is 0 Å². The van der Waals surface area contributed by atoms with Crippen molar-refractivity contribution in [1.82, 2.24) is 5.32 Å². The van der Waals surface area contributed by atoms with Gasteiger partial charge in [0.1, 0.15) is 0 Å². The molecule has 0 aliphatic carbocycles. The molecule has 2 unspecified atom stereocenters. The van der Waals surface area contributed by atoms with Gasteiger partial charge in [-0.2, -0.15) is 0 Å². The van der Waals surface area contributed by atoms with Crippen LogP contribution in [0.4, 0.5) is 0 Å². The van der Waals surface area contributed by atoms with Crippen molar-refractivity contribution in [3.8, 4) is 0 Å². The largest absolute Gasteiger partial charge is 0.315 e. The SMILES string of the molecule is CCC(C)CC(C)CCCCCNC(C)C. The minimum absolute atomic E-state index is 0.643. The second-order valence-electron chi connectivity index (χ2n) is 5.81. The van der Waals surface area contributed by atoms with Crippen LogP contribution in [0.25, 0.3) is 0 Å². The van der Waals surface area contributed by atoms with E-state index in [0.717, 1.165) is 11.8 Å². The molecule has 2 atom stereocenters. The topological polar surface area (TPSA) is 12.0 Å². The predicted octanol–water partition coefficient (Wildman–Crippen LogP) is 4.62. The smallest absolute Gasteiger partial charge is 0.00103 e. The van der Waals surface area contributed by atoms with Crippen LogP contribution in [0.15, 0.2) is 0 Å².